The summed E-state index contributed by atoms with van der Waals surface area (Å²) >= 11 is 0. The van der Waals surface area contributed by atoms with Crippen LogP contribution in [0.15, 0.2) is 18.2 Å². The van der Waals surface area contributed by atoms with Crippen LogP contribution in [-0.2, 0) is 9.53 Å². The van der Waals surface area contributed by atoms with Gasteiger partial charge in [-0.25, -0.2) is 4.39 Å². The molecule has 0 bridgehead atoms. The first-order valence-corrected chi connectivity index (χ1v) is 4.61. The van der Waals surface area contributed by atoms with E-state index in [9.17, 15) is 9.18 Å². The zero-order valence-electron chi connectivity index (χ0n) is 8.95. The molecule has 0 aliphatic heterocycles. The Bertz CT molecular complexity index is 440. The lowest BCUT2D eigenvalue weighted by atomic mass is 10.2. The van der Waals surface area contributed by atoms with Crippen molar-refractivity contribution < 1.29 is 13.9 Å². The first-order chi connectivity index (χ1) is 7.58. The second kappa shape index (κ2) is 5.24. The topological polar surface area (TPSA) is 62.1 Å². The number of hydrogen-bond acceptors (Lipinski definition) is 3. The molecule has 4 nitrogen and oxygen atoms in total. The highest BCUT2D eigenvalue weighted by Gasteiger charge is 2.12. The number of nitriles is 1. The van der Waals surface area contributed by atoms with Crippen LogP contribution >= 0.6 is 0 Å². The minimum atomic E-state index is -0.611. The molecular formula is C11H11FN2O2. The molecule has 16 heavy (non-hydrogen) atoms. The number of anilines is 1. The van der Waals surface area contributed by atoms with Crippen LogP contribution in [0, 0.1) is 17.1 Å². The van der Waals surface area contributed by atoms with E-state index in [-0.39, 0.29) is 11.5 Å². The first-order valence-electron chi connectivity index (χ1n) is 4.61. The number of nitrogens with zero attached hydrogens (tertiary/aromatic N) is 1. The predicted octanol–water partition coefficient (Wildman–Crippen LogP) is 1.67. The van der Waals surface area contributed by atoms with E-state index < -0.39 is 11.9 Å². The Morgan fingerprint density at radius 2 is 2.31 bits per heavy atom. The molecule has 1 rings (SSSR count). The van der Waals surface area contributed by atoms with E-state index >= 15 is 0 Å². The molecule has 1 amide bonds. The lowest BCUT2D eigenvalue weighted by Gasteiger charge is -2.10. The Kier molecular flexibility index (Phi) is 3.97. The number of methoxy groups -OCH3 is 1. The maximum absolute atomic E-state index is 13.0. The average Bonchev–Trinajstić information content (AvgIpc) is 2.30. The quantitative estimate of drug-likeness (QED) is 0.846. The fourth-order valence-electron chi connectivity index (χ4n) is 1.04. The minimum absolute atomic E-state index is 0.108. The number of rotatable bonds is 3. The maximum atomic E-state index is 13.0. The SMILES string of the molecule is CO[C@H](C)C(=O)Nc1ccc(F)c(C#N)c1. The largest absolute Gasteiger partial charge is 0.372 e. The third-order valence-corrected chi connectivity index (χ3v) is 2.08. The van der Waals surface area contributed by atoms with E-state index in [1.165, 1.54) is 19.2 Å². The van der Waals surface area contributed by atoms with Gasteiger partial charge in [0, 0.05) is 12.8 Å². The van der Waals surface area contributed by atoms with Gasteiger partial charge in [0.25, 0.3) is 5.91 Å². The molecule has 0 aromatic heterocycles. The molecule has 1 aromatic rings. The number of carbonyl (C=O) groups is 1. The standard InChI is InChI=1S/C11H11FN2O2/c1-7(16-2)11(15)14-9-3-4-10(12)8(5-9)6-13/h3-5,7H,1-2H3,(H,14,15)/t7-/m1/s1. The summed E-state index contributed by atoms with van der Waals surface area (Å²) in [6.07, 6.45) is -0.601. The molecule has 0 aliphatic carbocycles. The fraction of sp³-hybridized carbons (Fsp3) is 0.273. The van der Waals surface area contributed by atoms with Gasteiger partial charge in [0.05, 0.1) is 5.56 Å². The summed E-state index contributed by atoms with van der Waals surface area (Å²) in [5.74, 6) is -0.960. The second-order valence-corrected chi connectivity index (χ2v) is 3.17. The van der Waals surface area contributed by atoms with Crippen LogP contribution in [0.2, 0.25) is 0 Å². The molecule has 0 unspecified atom stereocenters. The second-order valence-electron chi connectivity index (χ2n) is 3.17. The van der Waals surface area contributed by atoms with Gasteiger partial charge in [-0.2, -0.15) is 5.26 Å². The molecule has 0 saturated heterocycles. The highest BCUT2D eigenvalue weighted by molar-refractivity contribution is 5.94. The Balaban J connectivity index is 2.83. The van der Waals surface area contributed by atoms with Crippen LogP contribution in [0.1, 0.15) is 12.5 Å². The summed E-state index contributed by atoms with van der Waals surface area (Å²) in [4.78, 5) is 11.4. The zero-order chi connectivity index (χ0) is 12.1. The highest BCUT2D eigenvalue weighted by atomic mass is 19.1. The van der Waals surface area contributed by atoms with Crippen molar-refractivity contribution >= 4 is 11.6 Å². The van der Waals surface area contributed by atoms with E-state index in [0.717, 1.165) is 6.07 Å². The fourth-order valence-corrected chi connectivity index (χ4v) is 1.04. The number of benzene rings is 1. The summed E-state index contributed by atoms with van der Waals surface area (Å²) in [7, 11) is 1.41. The molecule has 0 fully saturated rings. The van der Waals surface area contributed by atoms with Crippen LogP contribution in [-0.4, -0.2) is 19.1 Å². The van der Waals surface area contributed by atoms with E-state index in [1.54, 1.807) is 13.0 Å². The smallest absolute Gasteiger partial charge is 0.253 e. The molecular weight excluding hydrogens is 211 g/mol. The van der Waals surface area contributed by atoms with Gasteiger partial charge in [0.1, 0.15) is 18.0 Å². The number of carbonyl (C=O) groups excluding carboxylic acids is 1. The maximum Gasteiger partial charge on any atom is 0.253 e. The normalized spacial score (nSPS) is 11.6. The lowest BCUT2D eigenvalue weighted by molar-refractivity contribution is -0.124. The first kappa shape index (κ1) is 12.1. The van der Waals surface area contributed by atoms with E-state index in [0.29, 0.717) is 5.69 Å². The Morgan fingerprint density at radius 3 is 2.88 bits per heavy atom. The molecule has 0 heterocycles. The molecule has 0 saturated carbocycles. The highest BCUT2D eigenvalue weighted by Crippen LogP contribution is 2.14. The van der Waals surface area contributed by atoms with E-state index in [1.807, 2.05) is 0 Å². The molecule has 0 radical (unpaired) electrons. The molecule has 5 heteroatoms. The van der Waals surface area contributed by atoms with Crippen molar-refractivity contribution in [2.24, 2.45) is 0 Å². The third-order valence-electron chi connectivity index (χ3n) is 2.08. The van der Waals surface area contributed by atoms with Crippen molar-refractivity contribution in [2.45, 2.75) is 13.0 Å². The summed E-state index contributed by atoms with van der Waals surface area (Å²) in [6, 6.07) is 5.48. The van der Waals surface area contributed by atoms with Gasteiger partial charge in [0.15, 0.2) is 0 Å². The van der Waals surface area contributed by atoms with Crippen molar-refractivity contribution in [1.82, 2.24) is 0 Å². The Labute approximate surface area is 92.6 Å². The van der Waals surface area contributed by atoms with Crippen LogP contribution in [0.25, 0.3) is 0 Å². The van der Waals surface area contributed by atoms with Crippen molar-refractivity contribution in [1.29, 1.82) is 5.26 Å². The van der Waals surface area contributed by atoms with Gasteiger partial charge in [0.2, 0.25) is 0 Å². The van der Waals surface area contributed by atoms with Crippen LogP contribution in [0.4, 0.5) is 10.1 Å². The number of ether oxygens (including phenoxy) is 1. The van der Waals surface area contributed by atoms with Crippen molar-refractivity contribution in [3.8, 4) is 6.07 Å². The zero-order valence-corrected chi connectivity index (χ0v) is 8.95. The van der Waals surface area contributed by atoms with Crippen molar-refractivity contribution in [3.05, 3.63) is 29.6 Å². The van der Waals surface area contributed by atoms with Crippen molar-refractivity contribution in [3.63, 3.8) is 0 Å². The van der Waals surface area contributed by atoms with Gasteiger partial charge >= 0.3 is 0 Å². The van der Waals surface area contributed by atoms with Crippen LogP contribution in [0.5, 0.6) is 0 Å². The summed E-state index contributed by atoms with van der Waals surface area (Å²) in [5, 5.41) is 11.1. The van der Waals surface area contributed by atoms with E-state index in [4.69, 9.17) is 10.00 Å². The summed E-state index contributed by atoms with van der Waals surface area (Å²) in [5.41, 5.74) is 0.259. The predicted molar refractivity (Wildman–Crippen MR) is 56.2 cm³/mol. The van der Waals surface area contributed by atoms with Crippen LogP contribution in [0.3, 0.4) is 0 Å². The number of nitrogens with one attached hydrogen (secondary N) is 1. The number of amides is 1. The summed E-state index contributed by atoms with van der Waals surface area (Å²) < 4.78 is 17.8. The average molecular weight is 222 g/mol. The van der Waals surface area contributed by atoms with Gasteiger partial charge < -0.3 is 10.1 Å². The van der Waals surface area contributed by atoms with E-state index in [2.05, 4.69) is 5.32 Å². The molecule has 1 aromatic carbocycles. The Morgan fingerprint density at radius 1 is 1.62 bits per heavy atom. The van der Waals surface area contributed by atoms with Gasteiger partial charge in [-0.3, -0.25) is 4.79 Å². The Hall–Kier alpha value is -1.93. The number of halogens is 1. The van der Waals surface area contributed by atoms with Gasteiger partial charge in [-0.1, -0.05) is 0 Å². The molecule has 1 atom stereocenters. The van der Waals surface area contributed by atoms with Gasteiger partial charge in [-0.05, 0) is 25.1 Å². The summed E-state index contributed by atoms with van der Waals surface area (Å²) in [6.45, 7) is 1.59. The van der Waals surface area contributed by atoms with Gasteiger partial charge in [-0.15, -0.1) is 0 Å². The van der Waals surface area contributed by atoms with Crippen molar-refractivity contribution in [2.75, 3.05) is 12.4 Å². The molecule has 0 spiro atoms. The lowest BCUT2D eigenvalue weighted by Crippen LogP contribution is -2.26. The molecule has 1 N–H and O–H groups in total. The third kappa shape index (κ3) is 2.78. The minimum Gasteiger partial charge on any atom is -0.372 e. The number of hydrogen-bond donors (Lipinski definition) is 1. The van der Waals surface area contributed by atoms with Crippen LogP contribution < -0.4 is 5.32 Å². The molecule has 84 valence electrons. The monoisotopic (exact) mass is 222 g/mol. The molecule has 0 aliphatic rings.